The molecule has 0 unspecified atom stereocenters. The molecule has 0 fully saturated rings. The van der Waals surface area contributed by atoms with Gasteiger partial charge in [0, 0.05) is 23.5 Å². The highest BCUT2D eigenvalue weighted by Gasteiger charge is 2.13. The van der Waals surface area contributed by atoms with Crippen LogP contribution in [0.5, 0.6) is 0 Å². The highest BCUT2D eigenvalue weighted by atomic mass is 16.2. The second kappa shape index (κ2) is 9.01. The van der Waals surface area contributed by atoms with E-state index in [0.29, 0.717) is 17.9 Å². The molecular weight excluding hydrogens is 366 g/mol. The summed E-state index contributed by atoms with van der Waals surface area (Å²) in [5.41, 5.74) is 1.88. The molecule has 0 aliphatic carbocycles. The van der Waals surface area contributed by atoms with Crippen molar-refractivity contribution in [2.24, 2.45) is 5.92 Å². The van der Waals surface area contributed by atoms with Crippen molar-refractivity contribution >= 4 is 23.2 Å². The molecule has 2 amide bonds. The van der Waals surface area contributed by atoms with Crippen LogP contribution in [0.3, 0.4) is 0 Å². The Balaban J connectivity index is 1.72. The summed E-state index contributed by atoms with van der Waals surface area (Å²) in [6.07, 6.45) is 1.66. The molecule has 3 rings (SSSR count). The average Bonchev–Trinajstić information content (AvgIpc) is 2.71. The number of hydrogen-bond donors (Lipinski definition) is 2. The topological polar surface area (TPSA) is 80.2 Å². The summed E-state index contributed by atoms with van der Waals surface area (Å²) in [6, 6.07) is 19.5. The maximum Gasteiger partial charge on any atom is 0.263 e. The molecule has 29 heavy (non-hydrogen) atoms. The Labute approximate surface area is 169 Å². The molecule has 0 bridgehead atoms. The fourth-order valence-electron chi connectivity index (χ4n) is 2.74. The first-order chi connectivity index (χ1) is 13.9. The molecule has 0 radical (unpaired) electrons. The van der Waals surface area contributed by atoms with Gasteiger partial charge in [0.1, 0.15) is 5.56 Å². The molecule has 6 heteroatoms. The van der Waals surface area contributed by atoms with Crippen LogP contribution in [-0.2, 0) is 11.3 Å². The molecule has 2 N–H and O–H groups in total. The normalized spacial score (nSPS) is 10.6. The third-order valence-corrected chi connectivity index (χ3v) is 4.40. The van der Waals surface area contributed by atoms with Gasteiger partial charge >= 0.3 is 0 Å². The molecule has 1 heterocycles. The zero-order valence-corrected chi connectivity index (χ0v) is 16.4. The number of hydrogen-bond acceptors (Lipinski definition) is 3. The number of aromatic nitrogens is 1. The van der Waals surface area contributed by atoms with Gasteiger partial charge < -0.3 is 15.2 Å². The van der Waals surface area contributed by atoms with Gasteiger partial charge in [-0.05, 0) is 42.0 Å². The van der Waals surface area contributed by atoms with Gasteiger partial charge in [-0.1, -0.05) is 44.2 Å². The summed E-state index contributed by atoms with van der Waals surface area (Å²) in [5, 5.41) is 5.52. The Morgan fingerprint density at radius 3 is 2.10 bits per heavy atom. The van der Waals surface area contributed by atoms with Gasteiger partial charge in [0.2, 0.25) is 5.91 Å². The minimum atomic E-state index is -0.476. The van der Waals surface area contributed by atoms with Crippen molar-refractivity contribution in [2.45, 2.75) is 20.4 Å². The average molecular weight is 389 g/mol. The molecule has 0 aliphatic rings. The first-order valence-corrected chi connectivity index (χ1v) is 9.39. The molecular formula is C23H23N3O3. The van der Waals surface area contributed by atoms with E-state index >= 15 is 0 Å². The number of pyridine rings is 1. The van der Waals surface area contributed by atoms with E-state index in [1.807, 2.05) is 44.2 Å². The molecule has 0 saturated heterocycles. The fraction of sp³-hybridized carbons (Fsp3) is 0.174. The number of carbonyl (C=O) groups excluding carboxylic acids is 2. The van der Waals surface area contributed by atoms with Crippen LogP contribution in [0.1, 0.15) is 29.8 Å². The lowest BCUT2D eigenvalue weighted by Crippen LogP contribution is -2.29. The van der Waals surface area contributed by atoms with Gasteiger partial charge in [-0.15, -0.1) is 0 Å². The van der Waals surface area contributed by atoms with E-state index < -0.39 is 5.91 Å². The van der Waals surface area contributed by atoms with Crippen LogP contribution in [0.15, 0.2) is 77.7 Å². The van der Waals surface area contributed by atoms with E-state index in [2.05, 4.69) is 10.6 Å². The van der Waals surface area contributed by atoms with Gasteiger partial charge in [0.25, 0.3) is 11.5 Å². The maximum atomic E-state index is 12.7. The van der Waals surface area contributed by atoms with Crippen molar-refractivity contribution in [1.82, 2.24) is 4.57 Å². The van der Waals surface area contributed by atoms with Gasteiger partial charge in [-0.3, -0.25) is 14.4 Å². The summed E-state index contributed by atoms with van der Waals surface area (Å²) in [4.78, 5) is 37.0. The van der Waals surface area contributed by atoms with E-state index in [1.54, 1.807) is 36.5 Å². The van der Waals surface area contributed by atoms with Crippen molar-refractivity contribution in [2.75, 3.05) is 10.6 Å². The quantitative estimate of drug-likeness (QED) is 0.674. The van der Waals surface area contributed by atoms with Gasteiger partial charge in [-0.2, -0.15) is 0 Å². The molecule has 0 aliphatic heterocycles. The zero-order chi connectivity index (χ0) is 20.8. The van der Waals surface area contributed by atoms with Crippen LogP contribution in [0.25, 0.3) is 0 Å². The Kier molecular flexibility index (Phi) is 6.24. The summed E-state index contributed by atoms with van der Waals surface area (Å²) < 4.78 is 1.51. The van der Waals surface area contributed by atoms with Crippen molar-refractivity contribution in [3.63, 3.8) is 0 Å². The lowest BCUT2D eigenvalue weighted by atomic mass is 10.2. The minimum absolute atomic E-state index is 0.0700. The summed E-state index contributed by atoms with van der Waals surface area (Å²) >= 11 is 0. The first-order valence-electron chi connectivity index (χ1n) is 9.39. The number of nitrogens with zero attached hydrogens (tertiary/aromatic N) is 1. The van der Waals surface area contributed by atoms with Crippen molar-refractivity contribution in [1.29, 1.82) is 0 Å². The molecule has 148 valence electrons. The van der Waals surface area contributed by atoms with E-state index in [-0.39, 0.29) is 22.9 Å². The van der Waals surface area contributed by atoms with Gasteiger partial charge in [0.05, 0.1) is 6.54 Å². The van der Waals surface area contributed by atoms with Gasteiger partial charge in [0.15, 0.2) is 0 Å². The highest BCUT2D eigenvalue weighted by Crippen LogP contribution is 2.15. The van der Waals surface area contributed by atoms with E-state index in [0.717, 1.165) is 5.56 Å². The van der Waals surface area contributed by atoms with Crippen LogP contribution >= 0.6 is 0 Å². The molecule has 3 aromatic rings. The first kappa shape index (κ1) is 20.1. The lowest BCUT2D eigenvalue weighted by Gasteiger charge is -2.10. The number of amides is 2. The van der Waals surface area contributed by atoms with Crippen molar-refractivity contribution in [3.05, 3.63) is 94.4 Å². The number of carbonyl (C=O) groups is 2. The van der Waals surface area contributed by atoms with Crippen LogP contribution < -0.4 is 16.2 Å². The van der Waals surface area contributed by atoms with Crippen LogP contribution in [0, 0.1) is 5.92 Å². The minimum Gasteiger partial charge on any atom is -0.326 e. The smallest absolute Gasteiger partial charge is 0.263 e. The van der Waals surface area contributed by atoms with E-state index in [4.69, 9.17) is 0 Å². The lowest BCUT2D eigenvalue weighted by molar-refractivity contribution is -0.118. The maximum absolute atomic E-state index is 12.7. The molecule has 2 aromatic carbocycles. The molecule has 6 nitrogen and oxygen atoms in total. The van der Waals surface area contributed by atoms with E-state index in [1.165, 1.54) is 10.6 Å². The van der Waals surface area contributed by atoms with Crippen LogP contribution in [0.2, 0.25) is 0 Å². The Morgan fingerprint density at radius 2 is 1.48 bits per heavy atom. The third kappa shape index (κ3) is 5.19. The van der Waals surface area contributed by atoms with Crippen molar-refractivity contribution < 1.29 is 9.59 Å². The second-order valence-corrected chi connectivity index (χ2v) is 7.02. The summed E-state index contributed by atoms with van der Waals surface area (Å²) in [5.74, 6) is -0.674. The standard InChI is InChI=1S/C23H23N3O3/c1-16(2)21(27)24-18-10-12-19(13-11-18)25-22(28)20-9-6-14-26(23(20)29)15-17-7-4-3-5-8-17/h3-14,16H,15H2,1-2H3,(H,24,27)(H,25,28). The van der Waals surface area contributed by atoms with E-state index in [9.17, 15) is 14.4 Å². The summed E-state index contributed by atoms with van der Waals surface area (Å²) in [7, 11) is 0. The van der Waals surface area contributed by atoms with Crippen LogP contribution in [0.4, 0.5) is 11.4 Å². The van der Waals surface area contributed by atoms with Crippen molar-refractivity contribution in [3.8, 4) is 0 Å². The number of rotatable bonds is 6. The number of nitrogens with one attached hydrogen (secondary N) is 2. The Hall–Kier alpha value is -3.67. The predicted octanol–water partition coefficient (Wildman–Crippen LogP) is 3.74. The van der Waals surface area contributed by atoms with Gasteiger partial charge in [-0.25, -0.2) is 0 Å². The highest BCUT2D eigenvalue weighted by molar-refractivity contribution is 6.04. The Bertz CT molecular complexity index is 1050. The fourth-order valence-corrected chi connectivity index (χ4v) is 2.74. The largest absolute Gasteiger partial charge is 0.326 e. The van der Waals surface area contributed by atoms with Crippen LogP contribution in [-0.4, -0.2) is 16.4 Å². The molecule has 0 spiro atoms. The second-order valence-electron chi connectivity index (χ2n) is 7.02. The SMILES string of the molecule is CC(C)C(=O)Nc1ccc(NC(=O)c2cccn(Cc3ccccc3)c2=O)cc1. The third-order valence-electron chi connectivity index (χ3n) is 4.40. The predicted molar refractivity (Wildman–Crippen MR) is 114 cm³/mol. The Morgan fingerprint density at radius 1 is 0.862 bits per heavy atom. The summed E-state index contributed by atoms with van der Waals surface area (Å²) in [6.45, 7) is 4.02. The molecule has 1 aromatic heterocycles. The molecule has 0 saturated carbocycles. The molecule has 0 atom stereocenters. The number of anilines is 2. The number of benzene rings is 2. The monoisotopic (exact) mass is 389 g/mol. The zero-order valence-electron chi connectivity index (χ0n) is 16.4.